The van der Waals surface area contributed by atoms with Gasteiger partial charge in [-0.3, -0.25) is 4.79 Å². The SMILES string of the molecule is COc1ccc(CNC(=O)c2ccccc2C[NH+](C)Cc2ccc3c(c2C(=O)O)OCO3)cc1. The Morgan fingerprint density at radius 1 is 1.00 bits per heavy atom. The van der Waals surface area contributed by atoms with E-state index in [1.165, 1.54) is 0 Å². The Morgan fingerprint density at radius 3 is 2.47 bits per heavy atom. The van der Waals surface area contributed by atoms with Crippen LogP contribution in [0, 0.1) is 0 Å². The lowest BCUT2D eigenvalue weighted by Crippen LogP contribution is -3.06. The molecule has 1 unspecified atom stereocenters. The number of ether oxygens (including phenoxy) is 3. The normalized spacial score (nSPS) is 12.8. The number of aromatic carboxylic acids is 1. The largest absolute Gasteiger partial charge is 0.497 e. The van der Waals surface area contributed by atoms with Crippen LogP contribution in [0.1, 0.15) is 37.4 Å². The van der Waals surface area contributed by atoms with Gasteiger partial charge in [0.05, 0.1) is 14.2 Å². The number of carboxylic acids is 1. The third-order valence-corrected chi connectivity index (χ3v) is 5.70. The Hall–Kier alpha value is -4.04. The van der Waals surface area contributed by atoms with Gasteiger partial charge in [-0.15, -0.1) is 0 Å². The van der Waals surface area contributed by atoms with Crippen molar-refractivity contribution in [2.24, 2.45) is 0 Å². The summed E-state index contributed by atoms with van der Waals surface area (Å²) in [5, 5.41) is 12.7. The van der Waals surface area contributed by atoms with Gasteiger partial charge in [0.2, 0.25) is 6.79 Å². The molecular formula is C26H27N2O6+. The summed E-state index contributed by atoms with van der Waals surface area (Å²) >= 11 is 0. The van der Waals surface area contributed by atoms with Crippen LogP contribution in [0.15, 0.2) is 60.7 Å². The third-order valence-electron chi connectivity index (χ3n) is 5.70. The highest BCUT2D eigenvalue weighted by molar-refractivity contribution is 5.95. The number of carbonyl (C=O) groups is 2. The van der Waals surface area contributed by atoms with E-state index in [0.29, 0.717) is 36.5 Å². The fraction of sp³-hybridized carbons (Fsp3) is 0.231. The van der Waals surface area contributed by atoms with Crippen LogP contribution in [0.5, 0.6) is 17.2 Å². The van der Waals surface area contributed by atoms with Gasteiger partial charge in [-0.05, 0) is 35.9 Å². The summed E-state index contributed by atoms with van der Waals surface area (Å²) in [5.74, 6) is 0.269. The molecule has 4 rings (SSSR count). The standard InChI is InChI=1S/C26H26N2O6/c1-28(15-19-9-12-22-24(34-16-33-22)23(19)26(30)31)14-18-5-3-4-6-21(18)25(29)27-13-17-7-10-20(32-2)11-8-17/h3-12H,13-16H2,1-2H3,(H,27,29)(H,30,31)/p+1. The summed E-state index contributed by atoms with van der Waals surface area (Å²) in [6.07, 6.45) is 0. The Bertz CT molecular complexity index is 1190. The molecule has 0 saturated carbocycles. The molecule has 0 saturated heterocycles. The maximum absolute atomic E-state index is 12.9. The fourth-order valence-corrected chi connectivity index (χ4v) is 4.02. The van der Waals surface area contributed by atoms with Crippen LogP contribution in [0.25, 0.3) is 0 Å². The first-order valence-electron chi connectivity index (χ1n) is 10.9. The van der Waals surface area contributed by atoms with Crippen LogP contribution in [0.4, 0.5) is 0 Å². The summed E-state index contributed by atoms with van der Waals surface area (Å²) < 4.78 is 15.9. The molecule has 8 heteroatoms. The van der Waals surface area contributed by atoms with Crippen molar-refractivity contribution in [3.05, 3.63) is 88.5 Å². The second-order valence-electron chi connectivity index (χ2n) is 8.14. The van der Waals surface area contributed by atoms with Gasteiger partial charge < -0.3 is 29.5 Å². The number of rotatable bonds is 9. The zero-order valence-corrected chi connectivity index (χ0v) is 19.1. The number of hydrogen-bond acceptors (Lipinski definition) is 5. The number of carboxylic acid groups (broad SMARTS) is 1. The van der Waals surface area contributed by atoms with Gasteiger partial charge in [0.1, 0.15) is 24.4 Å². The molecule has 34 heavy (non-hydrogen) atoms. The minimum absolute atomic E-state index is 0.0147. The molecule has 176 valence electrons. The number of nitrogens with one attached hydrogen (secondary N) is 2. The van der Waals surface area contributed by atoms with Crippen LogP contribution in [0.2, 0.25) is 0 Å². The highest BCUT2D eigenvalue weighted by Gasteiger charge is 2.27. The molecule has 0 aromatic heterocycles. The summed E-state index contributed by atoms with van der Waals surface area (Å²) in [7, 11) is 3.57. The summed E-state index contributed by atoms with van der Waals surface area (Å²) in [4.78, 5) is 25.8. The number of quaternary nitrogens is 1. The van der Waals surface area contributed by atoms with Gasteiger partial charge in [-0.2, -0.15) is 0 Å². The minimum Gasteiger partial charge on any atom is -0.497 e. The van der Waals surface area contributed by atoms with E-state index in [1.807, 2.05) is 49.5 Å². The third kappa shape index (κ3) is 5.13. The molecule has 8 nitrogen and oxygen atoms in total. The average Bonchev–Trinajstić information content (AvgIpc) is 3.31. The Labute approximate surface area is 197 Å². The highest BCUT2D eigenvalue weighted by atomic mass is 16.7. The predicted octanol–water partition coefficient (Wildman–Crippen LogP) is 2.27. The van der Waals surface area contributed by atoms with E-state index >= 15 is 0 Å². The second kappa shape index (κ2) is 10.3. The molecule has 0 fully saturated rings. The number of carbonyl (C=O) groups excluding carboxylic acids is 1. The first-order valence-corrected chi connectivity index (χ1v) is 10.9. The molecule has 1 aliphatic heterocycles. The van der Waals surface area contributed by atoms with Crippen LogP contribution < -0.4 is 24.4 Å². The molecule has 0 spiro atoms. The summed E-state index contributed by atoms with van der Waals surface area (Å²) in [6.45, 7) is 1.40. The lowest BCUT2D eigenvalue weighted by atomic mass is 10.0. The first-order chi connectivity index (χ1) is 16.5. The minimum atomic E-state index is -1.05. The molecule has 3 N–H and O–H groups in total. The lowest BCUT2D eigenvalue weighted by molar-refractivity contribution is -0.907. The first kappa shape index (κ1) is 23.1. The van der Waals surface area contributed by atoms with E-state index in [4.69, 9.17) is 14.2 Å². The number of amides is 1. The average molecular weight is 464 g/mol. The van der Waals surface area contributed by atoms with Gasteiger partial charge in [-0.25, -0.2) is 4.79 Å². The monoisotopic (exact) mass is 463 g/mol. The molecular weight excluding hydrogens is 436 g/mol. The molecule has 3 aromatic rings. The molecule has 1 heterocycles. The van der Waals surface area contributed by atoms with Crippen molar-refractivity contribution in [1.29, 1.82) is 0 Å². The second-order valence-corrected chi connectivity index (χ2v) is 8.14. The maximum Gasteiger partial charge on any atom is 0.340 e. The van der Waals surface area contributed by atoms with E-state index in [9.17, 15) is 14.7 Å². The van der Waals surface area contributed by atoms with Crippen molar-refractivity contribution in [2.45, 2.75) is 19.6 Å². The van der Waals surface area contributed by atoms with E-state index in [1.54, 1.807) is 25.3 Å². The maximum atomic E-state index is 12.9. The van der Waals surface area contributed by atoms with Crippen LogP contribution in [-0.4, -0.2) is 37.9 Å². The van der Waals surface area contributed by atoms with Crippen LogP contribution in [-0.2, 0) is 19.6 Å². The molecule has 1 aliphatic rings. The van der Waals surface area contributed by atoms with Crippen molar-refractivity contribution in [3.8, 4) is 17.2 Å². The molecule has 1 atom stereocenters. The molecule has 0 aliphatic carbocycles. The van der Waals surface area contributed by atoms with Gasteiger partial charge in [0, 0.05) is 23.2 Å². The number of hydrogen-bond donors (Lipinski definition) is 3. The predicted molar refractivity (Wildman–Crippen MR) is 124 cm³/mol. The van der Waals surface area contributed by atoms with E-state index in [2.05, 4.69) is 5.32 Å². The van der Waals surface area contributed by atoms with E-state index in [-0.39, 0.29) is 24.0 Å². The van der Waals surface area contributed by atoms with Gasteiger partial charge in [0.25, 0.3) is 5.91 Å². The molecule has 3 aromatic carbocycles. The van der Waals surface area contributed by atoms with Crippen molar-refractivity contribution in [2.75, 3.05) is 21.0 Å². The summed E-state index contributed by atoms with van der Waals surface area (Å²) in [6, 6.07) is 18.5. The van der Waals surface area contributed by atoms with Crippen LogP contribution in [0.3, 0.4) is 0 Å². The Kier molecular flexibility index (Phi) is 6.98. The van der Waals surface area contributed by atoms with E-state index in [0.717, 1.165) is 21.8 Å². The highest BCUT2D eigenvalue weighted by Crippen LogP contribution is 2.37. The Balaban J connectivity index is 1.45. The number of methoxy groups -OCH3 is 1. The topological polar surface area (TPSA) is 98.5 Å². The lowest BCUT2D eigenvalue weighted by Gasteiger charge is -2.18. The summed E-state index contributed by atoms with van der Waals surface area (Å²) in [5.41, 5.74) is 3.22. The van der Waals surface area contributed by atoms with E-state index < -0.39 is 5.97 Å². The molecule has 0 radical (unpaired) electrons. The Morgan fingerprint density at radius 2 is 1.74 bits per heavy atom. The zero-order valence-electron chi connectivity index (χ0n) is 19.1. The quantitative estimate of drug-likeness (QED) is 0.450. The zero-order chi connectivity index (χ0) is 24.1. The van der Waals surface area contributed by atoms with Crippen molar-refractivity contribution in [1.82, 2.24) is 5.32 Å². The van der Waals surface area contributed by atoms with Crippen molar-refractivity contribution in [3.63, 3.8) is 0 Å². The van der Waals surface area contributed by atoms with Gasteiger partial charge in [-0.1, -0.05) is 30.3 Å². The van der Waals surface area contributed by atoms with Gasteiger partial charge >= 0.3 is 5.97 Å². The molecule has 1 amide bonds. The molecule has 0 bridgehead atoms. The van der Waals surface area contributed by atoms with Crippen LogP contribution >= 0.6 is 0 Å². The fourth-order valence-electron chi connectivity index (χ4n) is 4.02. The van der Waals surface area contributed by atoms with Crippen molar-refractivity contribution < 1.29 is 33.8 Å². The smallest absolute Gasteiger partial charge is 0.340 e. The number of benzene rings is 3. The van der Waals surface area contributed by atoms with Crippen molar-refractivity contribution >= 4 is 11.9 Å². The number of fused-ring (bicyclic) bond motifs is 1. The van der Waals surface area contributed by atoms with Gasteiger partial charge in [0.15, 0.2) is 11.5 Å².